The minimum atomic E-state index is 0.0673. The molecular formula is C23H34O3. The molecule has 0 aromatic heterocycles. The summed E-state index contributed by atoms with van der Waals surface area (Å²) in [5, 5.41) is 0. The monoisotopic (exact) mass is 358 g/mol. The number of methoxy groups -OCH3 is 2. The van der Waals surface area contributed by atoms with Gasteiger partial charge in [0.25, 0.3) is 0 Å². The SMILES string of the molecule is COc1cc(OC)cc(C(=O)C2C(C)CCC3C(C)(C)CCCC23C)c1. The Labute approximate surface area is 158 Å². The van der Waals surface area contributed by atoms with Crippen molar-refractivity contribution in [1.82, 2.24) is 0 Å². The average Bonchev–Trinajstić information content (AvgIpc) is 2.59. The van der Waals surface area contributed by atoms with Crippen LogP contribution in [0.5, 0.6) is 11.5 Å². The third-order valence-electron chi connectivity index (χ3n) is 7.38. The molecule has 0 N–H and O–H groups in total. The van der Waals surface area contributed by atoms with Crippen molar-refractivity contribution in [1.29, 1.82) is 0 Å². The Kier molecular flexibility index (Phi) is 5.11. The summed E-state index contributed by atoms with van der Waals surface area (Å²) in [6.07, 6.45) is 6.04. The van der Waals surface area contributed by atoms with Gasteiger partial charge in [-0.1, -0.05) is 34.1 Å². The van der Waals surface area contributed by atoms with Crippen LogP contribution in [-0.2, 0) is 0 Å². The van der Waals surface area contributed by atoms with E-state index >= 15 is 0 Å². The Morgan fingerprint density at radius 3 is 2.19 bits per heavy atom. The van der Waals surface area contributed by atoms with Crippen LogP contribution in [0.25, 0.3) is 0 Å². The Hall–Kier alpha value is -1.51. The number of fused-ring (bicyclic) bond motifs is 1. The Morgan fingerprint density at radius 1 is 1.00 bits per heavy atom. The number of ketones is 1. The summed E-state index contributed by atoms with van der Waals surface area (Å²) < 4.78 is 10.8. The summed E-state index contributed by atoms with van der Waals surface area (Å²) in [6.45, 7) is 9.46. The van der Waals surface area contributed by atoms with Gasteiger partial charge in [0.2, 0.25) is 0 Å². The van der Waals surface area contributed by atoms with Crippen molar-refractivity contribution in [3.05, 3.63) is 23.8 Å². The van der Waals surface area contributed by atoms with Crippen LogP contribution in [0.2, 0.25) is 0 Å². The maximum absolute atomic E-state index is 13.7. The summed E-state index contributed by atoms with van der Waals surface area (Å²) in [4.78, 5) is 13.7. The van der Waals surface area contributed by atoms with E-state index in [-0.39, 0.29) is 17.1 Å². The van der Waals surface area contributed by atoms with Gasteiger partial charge in [-0.25, -0.2) is 0 Å². The molecule has 0 aliphatic heterocycles. The molecule has 0 spiro atoms. The molecule has 3 rings (SSSR count). The molecule has 0 amide bonds. The summed E-state index contributed by atoms with van der Waals surface area (Å²) in [5.74, 6) is 2.72. The molecule has 4 atom stereocenters. The van der Waals surface area contributed by atoms with Gasteiger partial charge in [-0.3, -0.25) is 4.79 Å². The molecule has 0 radical (unpaired) electrons. The van der Waals surface area contributed by atoms with Crippen LogP contribution in [0.3, 0.4) is 0 Å². The number of carbonyl (C=O) groups is 1. The number of rotatable bonds is 4. The fraction of sp³-hybridized carbons (Fsp3) is 0.696. The van der Waals surface area contributed by atoms with E-state index in [0.29, 0.717) is 28.7 Å². The molecule has 2 aliphatic carbocycles. The van der Waals surface area contributed by atoms with E-state index in [1.165, 1.54) is 19.3 Å². The van der Waals surface area contributed by atoms with Gasteiger partial charge in [0, 0.05) is 17.5 Å². The van der Waals surface area contributed by atoms with Gasteiger partial charge >= 0.3 is 0 Å². The Balaban J connectivity index is 2.02. The van der Waals surface area contributed by atoms with Crippen LogP contribution in [0.15, 0.2) is 18.2 Å². The first-order valence-corrected chi connectivity index (χ1v) is 10.00. The van der Waals surface area contributed by atoms with Crippen molar-refractivity contribution in [2.75, 3.05) is 14.2 Å². The normalized spacial score (nSPS) is 33.2. The first-order valence-electron chi connectivity index (χ1n) is 10.00. The predicted molar refractivity (Wildman–Crippen MR) is 105 cm³/mol. The average molecular weight is 359 g/mol. The highest BCUT2D eigenvalue weighted by atomic mass is 16.5. The maximum Gasteiger partial charge on any atom is 0.167 e. The lowest BCUT2D eigenvalue weighted by atomic mass is 9.46. The highest BCUT2D eigenvalue weighted by Gasteiger charge is 2.55. The molecule has 0 heterocycles. The first-order chi connectivity index (χ1) is 12.2. The minimum absolute atomic E-state index is 0.0673. The summed E-state index contributed by atoms with van der Waals surface area (Å²) in [5.41, 5.74) is 1.12. The molecule has 2 aliphatic rings. The van der Waals surface area contributed by atoms with Crippen molar-refractivity contribution in [2.45, 2.75) is 59.8 Å². The molecule has 0 bridgehead atoms. The van der Waals surface area contributed by atoms with E-state index in [1.54, 1.807) is 14.2 Å². The molecule has 3 nitrogen and oxygen atoms in total. The second-order valence-corrected chi connectivity index (χ2v) is 9.40. The molecule has 3 heteroatoms. The van der Waals surface area contributed by atoms with Crippen LogP contribution < -0.4 is 9.47 Å². The molecule has 0 saturated heterocycles. The van der Waals surface area contributed by atoms with E-state index in [4.69, 9.17) is 9.47 Å². The number of Topliss-reactive ketones (excluding diaryl/α,β-unsaturated/α-hetero) is 1. The standard InChI is InChI=1S/C23H34O3/c1-15-8-9-19-22(2,3)10-7-11-23(19,4)20(15)21(24)16-12-17(25-5)14-18(13-16)26-6/h12-15,19-20H,7-11H2,1-6H3. The minimum Gasteiger partial charge on any atom is -0.497 e. The third kappa shape index (κ3) is 3.14. The quantitative estimate of drug-likeness (QED) is 0.641. The summed E-state index contributed by atoms with van der Waals surface area (Å²) in [7, 11) is 3.26. The van der Waals surface area contributed by atoms with Gasteiger partial charge in [-0.05, 0) is 60.5 Å². The topological polar surface area (TPSA) is 35.5 Å². The van der Waals surface area contributed by atoms with Crippen molar-refractivity contribution in [3.8, 4) is 11.5 Å². The van der Waals surface area contributed by atoms with Crippen LogP contribution in [0, 0.1) is 28.6 Å². The van der Waals surface area contributed by atoms with Crippen LogP contribution >= 0.6 is 0 Å². The van der Waals surface area contributed by atoms with E-state index in [9.17, 15) is 4.79 Å². The Morgan fingerprint density at radius 2 is 1.62 bits per heavy atom. The van der Waals surface area contributed by atoms with Gasteiger partial charge in [-0.15, -0.1) is 0 Å². The lowest BCUT2D eigenvalue weighted by Crippen LogP contribution is -2.53. The lowest BCUT2D eigenvalue weighted by Gasteiger charge is -2.58. The highest BCUT2D eigenvalue weighted by molar-refractivity contribution is 5.99. The van der Waals surface area contributed by atoms with E-state index < -0.39 is 0 Å². The van der Waals surface area contributed by atoms with Crippen molar-refractivity contribution in [3.63, 3.8) is 0 Å². The molecule has 26 heavy (non-hydrogen) atoms. The number of hydrogen-bond acceptors (Lipinski definition) is 3. The molecule has 2 fully saturated rings. The zero-order valence-corrected chi connectivity index (χ0v) is 17.2. The largest absolute Gasteiger partial charge is 0.497 e. The van der Waals surface area contributed by atoms with E-state index in [2.05, 4.69) is 27.7 Å². The molecule has 2 saturated carbocycles. The van der Waals surface area contributed by atoms with Crippen LogP contribution in [0.1, 0.15) is 70.2 Å². The lowest BCUT2D eigenvalue weighted by molar-refractivity contribution is -0.0796. The van der Waals surface area contributed by atoms with Gasteiger partial charge in [0.1, 0.15) is 11.5 Å². The third-order valence-corrected chi connectivity index (χ3v) is 7.38. The van der Waals surface area contributed by atoms with Gasteiger partial charge in [-0.2, -0.15) is 0 Å². The van der Waals surface area contributed by atoms with Gasteiger partial charge < -0.3 is 9.47 Å². The molecule has 1 aromatic rings. The van der Waals surface area contributed by atoms with Crippen molar-refractivity contribution < 1.29 is 14.3 Å². The predicted octanol–water partition coefficient (Wildman–Crippen LogP) is 5.77. The van der Waals surface area contributed by atoms with Gasteiger partial charge in [0.15, 0.2) is 5.78 Å². The zero-order chi connectivity index (χ0) is 19.1. The van der Waals surface area contributed by atoms with E-state index in [1.807, 2.05) is 18.2 Å². The van der Waals surface area contributed by atoms with Crippen molar-refractivity contribution in [2.24, 2.45) is 28.6 Å². The fourth-order valence-corrected chi connectivity index (χ4v) is 6.19. The number of carbonyl (C=O) groups excluding carboxylic acids is 1. The van der Waals surface area contributed by atoms with Crippen LogP contribution in [-0.4, -0.2) is 20.0 Å². The van der Waals surface area contributed by atoms with E-state index in [0.717, 1.165) is 18.4 Å². The van der Waals surface area contributed by atoms with Crippen LogP contribution in [0.4, 0.5) is 0 Å². The molecule has 144 valence electrons. The molecule has 1 aromatic carbocycles. The summed E-state index contributed by atoms with van der Waals surface area (Å²) >= 11 is 0. The second-order valence-electron chi connectivity index (χ2n) is 9.40. The molecular weight excluding hydrogens is 324 g/mol. The van der Waals surface area contributed by atoms with Gasteiger partial charge in [0.05, 0.1) is 14.2 Å². The number of hydrogen-bond donors (Lipinski definition) is 0. The van der Waals surface area contributed by atoms with Crippen molar-refractivity contribution >= 4 is 5.78 Å². The smallest absolute Gasteiger partial charge is 0.167 e. The maximum atomic E-state index is 13.7. The molecule has 4 unspecified atom stereocenters. The summed E-state index contributed by atoms with van der Waals surface area (Å²) in [6, 6.07) is 5.58. The zero-order valence-electron chi connectivity index (χ0n) is 17.2. The second kappa shape index (κ2) is 6.90. The number of benzene rings is 1. The first kappa shape index (κ1) is 19.3. The number of ether oxygens (including phenoxy) is 2. The Bertz CT molecular complexity index is 656. The fourth-order valence-electron chi connectivity index (χ4n) is 6.19. The highest BCUT2D eigenvalue weighted by Crippen LogP contribution is 2.61.